The molecule has 12 heteroatoms. The number of ether oxygens (including phenoxy) is 3. The Hall–Kier alpha value is -2.96. The van der Waals surface area contributed by atoms with Crippen LogP contribution in [0.5, 0.6) is 0 Å². The van der Waals surface area contributed by atoms with Gasteiger partial charge in [-0.1, -0.05) is 31.6 Å². The average molecular weight is 674 g/mol. The Bertz CT molecular complexity index is 877. The third-order valence-corrected chi connectivity index (χ3v) is 5.83. The highest BCUT2D eigenvalue weighted by atomic mass is 16.6. The molecule has 0 rings (SSSR count). The van der Waals surface area contributed by atoms with Crippen LogP contribution in [0.3, 0.4) is 0 Å². The second-order valence-corrected chi connectivity index (χ2v) is 12.6. The summed E-state index contributed by atoms with van der Waals surface area (Å²) in [4.78, 5) is 50.6. The number of esters is 1. The Morgan fingerprint density at radius 3 is 1.47 bits per heavy atom. The molecule has 3 unspecified atom stereocenters. The fourth-order valence-corrected chi connectivity index (χ4v) is 3.20. The third-order valence-electron chi connectivity index (χ3n) is 5.83. The summed E-state index contributed by atoms with van der Waals surface area (Å²) < 4.78 is 15.0. The van der Waals surface area contributed by atoms with Crippen LogP contribution in [-0.4, -0.2) is 80.5 Å². The van der Waals surface area contributed by atoms with Crippen LogP contribution in [0.25, 0.3) is 0 Å². The molecule has 3 atom stereocenters. The summed E-state index contributed by atoms with van der Waals surface area (Å²) in [5.41, 5.74) is 11.0. The van der Waals surface area contributed by atoms with Gasteiger partial charge in [-0.05, 0) is 120 Å². The molecular formula is C35H71N5O7. The van der Waals surface area contributed by atoms with Crippen LogP contribution in [0.1, 0.15) is 121 Å². The molecule has 47 heavy (non-hydrogen) atoms. The number of carbonyl (C=O) groups excluding carboxylic acids is 4. The van der Waals surface area contributed by atoms with Crippen LogP contribution in [0.15, 0.2) is 24.3 Å². The molecule has 0 radical (unpaired) electrons. The summed E-state index contributed by atoms with van der Waals surface area (Å²) in [5.74, 6) is -1.68. The molecule has 0 saturated heterocycles. The number of carbonyl (C=O) groups is 4. The molecule has 278 valence electrons. The molecule has 0 fully saturated rings. The Labute approximate surface area is 286 Å². The van der Waals surface area contributed by atoms with Crippen molar-refractivity contribution in [2.75, 3.05) is 27.3 Å². The highest BCUT2D eigenvalue weighted by molar-refractivity contribution is 5.93. The van der Waals surface area contributed by atoms with E-state index in [9.17, 15) is 19.2 Å². The molecule has 0 aromatic rings. The Morgan fingerprint density at radius 2 is 1.13 bits per heavy atom. The Morgan fingerprint density at radius 1 is 0.723 bits per heavy atom. The van der Waals surface area contributed by atoms with Crippen LogP contribution in [0, 0.1) is 0 Å². The minimum absolute atomic E-state index is 0.0417. The van der Waals surface area contributed by atoms with Gasteiger partial charge >= 0.3 is 12.1 Å². The van der Waals surface area contributed by atoms with Gasteiger partial charge < -0.3 is 41.6 Å². The lowest BCUT2D eigenvalue weighted by atomic mass is 10.0. The molecule has 0 spiro atoms. The van der Waals surface area contributed by atoms with Crippen molar-refractivity contribution in [2.45, 2.75) is 150 Å². The normalized spacial score (nSPS) is 12.7. The van der Waals surface area contributed by atoms with Gasteiger partial charge in [0.1, 0.15) is 23.7 Å². The van der Waals surface area contributed by atoms with Crippen LogP contribution in [0.2, 0.25) is 0 Å². The minimum atomic E-state index is -1.00. The van der Waals surface area contributed by atoms with Crippen molar-refractivity contribution in [3.8, 4) is 0 Å². The first kappa shape index (κ1) is 50.9. The molecule has 0 aliphatic rings. The minimum Gasteiger partial charge on any atom is -0.467 e. The molecule has 0 bridgehead atoms. The van der Waals surface area contributed by atoms with E-state index in [4.69, 9.17) is 25.7 Å². The first-order valence-corrected chi connectivity index (χ1v) is 16.7. The molecule has 12 nitrogen and oxygen atoms in total. The molecule has 0 heterocycles. The molecule has 0 aliphatic heterocycles. The van der Waals surface area contributed by atoms with Crippen molar-refractivity contribution in [1.29, 1.82) is 0 Å². The molecule has 0 aliphatic carbocycles. The van der Waals surface area contributed by atoms with Gasteiger partial charge in [-0.2, -0.15) is 0 Å². The Balaban J connectivity index is -0.000000655. The summed E-state index contributed by atoms with van der Waals surface area (Å²) in [6.07, 6.45) is 6.64. The predicted molar refractivity (Wildman–Crippen MR) is 193 cm³/mol. The summed E-state index contributed by atoms with van der Waals surface area (Å²) in [6.45, 7) is 25.7. The van der Waals surface area contributed by atoms with Crippen molar-refractivity contribution >= 4 is 23.9 Å². The van der Waals surface area contributed by atoms with Gasteiger partial charge in [0.25, 0.3) is 0 Å². The van der Waals surface area contributed by atoms with E-state index in [1.165, 1.54) is 7.11 Å². The quantitative estimate of drug-likeness (QED) is 0.0826. The van der Waals surface area contributed by atoms with Crippen molar-refractivity contribution in [3.05, 3.63) is 24.3 Å². The molecular weight excluding hydrogens is 602 g/mol. The lowest BCUT2D eigenvalue weighted by Gasteiger charge is -2.26. The number of hydrogen-bond acceptors (Lipinski definition) is 9. The van der Waals surface area contributed by atoms with Crippen LogP contribution in [-0.2, 0) is 28.6 Å². The van der Waals surface area contributed by atoms with Gasteiger partial charge in [0.05, 0.1) is 12.7 Å². The first-order valence-electron chi connectivity index (χ1n) is 16.7. The average Bonchev–Trinajstić information content (AvgIpc) is 2.99. The van der Waals surface area contributed by atoms with Crippen molar-refractivity contribution < 1.29 is 33.4 Å². The summed E-state index contributed by atoms with van der Waals surface area (Å²) in [7, 11) is 2.95. The number of nitrogens with one attached hydrogen (secondary N) is 3. The maximum atomic E-state index is 13.1. The summed E-state index contributed by atoms with van der Waals surface area (Å²) in [5, 5.41) is 7.93. The molecule has 3 amide bonds. The van der Waals surface area contributed by atoms with Gasteiger partial charge in [0, 0.05) is 7.11 Å². The van der Waals surface area contributed by atoms with Crippen LogP contribution < -0.4 is 27.4 Å². The van der Waals surface area contributed by atoms with E-state index >= 15 is 0 Å². The van der Waals surface area contributed by atoms with E-state index in [-0.39, 0.29) is 12.0 Å². The number of hydrogen-bond donors (Lipinski definition) is 5. The zero-order valence-corrected chi connectivity index (χ0v) is 32.0. The molecule has 0 aromatic carbocycles. The number of alkyl carbamates (subject to hydrolysis) is 1. The number of nitrogens with two attached hydrogens (primary N) is 2. The summed E-state index contributed by atoms with van der Waals surface area (Å²) >= 11 is 0. The topological polar surface area (TPSA) is 184 Å². The van der Waals surface area contributed by atoms with E-state index in [0.29, 0.717) is 57.2 Å². The monoisotopic (exact) mass is 674 g/mol. The number of rotatable bonds is 16. The van der Waals surface area contributed by atoms with Crippen LogP contribution >= 0.6 is 0 Å². The fourth-order valence-electron chi connectivity index (χ4n) is 3.20. The first-order chi connectivity index (χ1) is 21.8. The van der Waals surface area contributed by atoms with Crippen molar-refractivity contribution in [2.24, 2.45) is 11.5 Å². The predicted octanol–water partition coefficient (Wildman–Crippen LogP) is 5.29. The standard InChI is InChI=1S/C24H45N5O6.C5H12O.C4H8.C2H6/c1-16(2)15-19(21(31)27-18(22(32)34-6)12-8-10-14-26)28-20(30)17(11-7-9-13-25)29-23(33)35-24(3,4)5;1-5(2,3)6-4;1-3-4-2;1-2/h17-19H,1,7-15,25-26H2,2-6H3,(H,27,31)(H,28,30)(H,29,33);1-4H3;3-4H,1-2H3;1-2H3/b;;4-3-;. The Kier molecular flexibility index (Phi) is 32.9. The van der Waals surface area contributed by atoms with E-state index in [2.05, 4.69) is 22.5 Å². The highest BCUT2D eigenvalue weighted by Crippen LogP contribution is 2.11. The van der Waals surface area contributed by atoms with E-state index in [1.54, 1.807) is 34.8 Å². The third kappa shape index (κ3) is 34.2. The van der Waals surface area contributed by atoms with E-state index in [0.717, 1.165) is 0 Å². The zero-order chi connectivity index (χ0) is 37.6. The van der Waals surface area contributed by atoms with Crippen molar-refractivity contribution in [3.63, 3.8) is 0 Å². The largest absolute Gasteiger partial charge is 0.467 e. The maximum Gasteiger partial charge on any atom is 0.408 e. The zero-order valence-electron chi connectivity index (χ0n) is 32.0. The van der Waals surface area contributed by atoms with E-state index < -0.39 is 47.6 Å². The second kappa shape index (κ2) is 30.4. The second-order valence-electron chi connectivity index (χ2n) is 12.6. The van der Waals surface area contributed by atoms with Gasteiger partial charge in [-0.3, -0.25) is 9.59 Å². The lowest BCUT2D eigenvalue weighted by Crippen LogP contribution is -2.56. The lowest BCUT2D eigenvalue weighted by molar-refractivity contribution is -0.145. The molecule has 0 aromatic heterocycles. The smallest absolute Gasteiger partial charge is 0.408 e. The van der Waals surface area contributed by atoms with Crippen molar-refractivity contribution in [1.82, 2.24) is 16.0 Å². The summed E-state index contributed by atoms with van der Waals surface area (Å²) in [6, 6.07) is -2.80. The molecule has 7 N–H and O–H groups in total. The SMILES string of the molecule is C/C=C\C.C=C(C)CC(NC(=O)C(CCCCN)NC(=O)OC(C)(C)C)C(=O)NC(CCCCN)C(=O)OC.CC.COC(C)(C)C. The highest BCUT2D eigenvalue weighted by Gasteiger charge is 2.30. The van der Waals surface area contributed by atoms with E-state index in [1.807, 2.05) is 60.6 Å². The molecule has 0 saturated carbocycles. The fraction of sp³-hybridized carbons (Fsp3) is 0.771. The van der Waals surface area contributed by atoms with Gasteiger partial charge in [0.2, 0.25) is 11.8 Å². The number of unbranched alkanes of at least 4 members (excludes halogenated alkanes) is 2. The van der Waals surface area contributed by atoms with Gasteiger partial charge in [0.15, 0.2) is 0 Å². The maximum absolute atomic E-state index is 13.1. The number of methoxy groups -OCH3 is 2. The van der Waals surface area contributed by atoms with Gasteiger partial charge in [-0.25, -0.2) is 9.59 Å². The number of allylic oxidation sites excluding steroid dienone is 2. The van der Waals surface area contributed by atoms with Gasteiger partial charge in [-0.15, -0.1) is 6.58 Å². The van der Waals surface area contributed by atoms with Crippen LogP contribution in [0.4, 0.5) is 4.79 Å². The number of amides is 3.